The first-order valence-corrected chi connectivity index (χ1v) is 19.4. The third-order valence-electron chi connectivity index (χ3n) is 12.6. The zero-order valence-corrected chi connectivity index (χ0v) is 31.1. The van der Waals surface area contributed by atoms with Crippen LogP contribution in [0.1, 0.15) is 79.8 Å². The maximum Gasteiger partial charge on any atom is 0.226 e. The van der Waals surface area contributed by atoms with Crippen LogP contribution in [0, 0.1) is 35.9 Å². The van der Waals surface area contributed by atoms with Crippen molar-refractivity contribution in [3.8, 4) is 17.2 Å². The standard InChI is InChI=1S/C40H39Cl2FN8O2/c1-20-26-14-31(30-13-24(16-49(30)39(52)21-8-9-21)50-17-32(47-48-50)40(2)18-53-19-40)51(37-23-12-29(37)45-15-23)38(26)27-11-22(5-4-10-44)33(35(43)36(27)46-20)25-6-3-7-28(41)34(25)42/h3,6-7,11,14,17,21,23-24,29-30,37,45H,4-5,8-9,12-13,15-16,18-19H2,1-2H3/t23-,24+,29-,30-,37+/m1/s1. The van der Waals surface area contributed by atoms with E-state index in [2.05, 4.69) is 44.2 Å². The summed E-state index contributed by atoms with van der Waals surface area (Å²) in [6, 6.07) is 11.8. The summed E-state index contributed by atoms with van der Waals surface area (Å²) in [6.45, 7) is 6.78. The number of nitrogens with zero attached hydrogens (tertiary/aromatic N) is 7. The number of carbonyl (C=O) groups excluding carboxylic acids is 1. The molecule has 11 rings (SSSR count). The number of hydrogen-bond acceptors (Lipinski definition) is 7. The van der Waals surface area contributed by atoms with Crippen LogP contribution >= 0.6 is 23.2 Å². The zero-order valence-electron chi connectivity index (χ0n) is 29.6. The maximum atomic E-state index is 17.2. The van der Waals surface area contributed by atoms with Gasteiger partial charge in [-0.05, 0) is 75.6 Å². The molecule has 5 aromatic rings. The fourth-order valence-corrected chi connectivity index (χ4v) is 9.88. The minimum atomic E-state index is -0.479. The Morgan fingerprint density at radius 2 is 2.02 bits per heavy atom. The quantitative estimate of drug-likeness (QED) is 0.176. The van der Waals surface area contributed by atoms with Gasteiger partial charge in [0.15, 0.2) is 5.82 Å². The number of ether oxygens (including phenoxy) is 1. The number of rotatable bonds is 8. The summed E-state index contributed by atoms with van der Waals surface area (Å²) in [5.74, 6) is 0.174. The van der Waals surface area contributed by atoms with Crippen molar-refractivity contribution in [2.24, 2.45) is 11.8 Å². The summed E-state index contributed by atoms with van der Waals surface area (Å²) in [4.78, 5) is 21.2. The number of carbonyl (C=O) groups is 1. The minimum absolute atomic E-state index is 0.0470. The van der Waals surface area contributed by atoms with Gasteiger partial charge in [-0.1, -0.05) is 40.5 Å². The second-order valence-corrected chi connectivity index (χ2v) is 16.9. The van der Waals surface area contributed by atoms with E-state index in [9.17, 15) is 10.1 Å². The Morgan fingerprint density at radius 3 is 2.72 bits per heavy atom. The number of nitrogens with one attached hydrogen (secondary N) is 1. The van der Waals surface area contributed by atoms with Crippen LogP contribution in [-0.2, 0) is 21.4 Å². The number of pyridine rings is 1. The second kappa shape index (κ2) is 12.2. The molecule has 0 unspecified atom stereocenters. The van der Waals surface area contributed by atoms with Gasteiger partial charge in [-0.3, -0.25) is 4.79 Å². The second-order valence-electron chi connectivity index (χ2n) is 16.1. The van der Waals surface area contributed by atoms with Crippen LogP contribution in [0.4, 0.5) is 4.39 Å². The molecule has 13 heteroatoms. The fraction of sp³-hybridized carbons (Fsp3) is 0.475. The molecular weight excluding hydrogens is 714 g/mol. The van der Waals surface area contributed by atoms with Crippen molar-refractivity contribution >= 4 is 50.9 Å². The fourth-order valence-electron chi connectivity index (χ4n) is 9.48. The Hall–Kier alpha value is -4.08. The van der Waals surface area contributed by atoms with Crippen molar-refractivity contribution < 1.29 is 13.9 Å². The average Bonchev–Trinajstić information content (AvgIpc) is 3.63. The molecular formula is C40H39Cl2FN8O2. The highest BCUT2D eigenvalue weighted by atomic mass is 35.5. The lowest BCUT2D eigenvalue weighted by molar-refractivity contribution is -0.133. The van der Waals surface area contributed by atoms with Gasteiger partial charge in [-0.2, -0.15) is 5.26 Å². The number of hydrogen-bond donors (Lipinski definition) is 1. The van der Waals surface area contributed by atoms with E-state index < -0.39 is 5.82 Å². The van der Waals surface area contributed by atoms with Gasteiger partial charge in [0.1, 0.15) is 5.52 Å². The van der Waals surface area contributed by atoms with Crippen molar-refractivity contribution in [2.75, 3.05) is 26.3 Å². The van der Waals surface area contributed by atoms with Crippen LogP contribution in [-0.4, -0.2) is 67.7 Å². The Kier molecular flexibility index (Phi) is 7.72. The van der Waals surface area contributed by atoms with Gasteiger partial charge in [0.25, 0.3) is 0 Å². The lowest BCUT2D eigenvalue weighted by Gasteiger charge is -2.39. The molecule has 5 atom stereocenters. The number of nitriles is 1. The smallest absolute Gasteiger partial charge is 0.226 e. The Bertz CT molecular complexity index is 2380. The number of likely N-dealkylation sites (tertiary alicyclic amines) is 1. The zero-order chi connectivity index (χ0) is 36.3. The number of benzene rings is 2. The molecule has 6 fully saturated rings. The molecule has 7 heterocycles. The third-order valence-corrected chi connectivity index (χ3v) is 13.4. The molecule has 4 aliphatic heterocycles. The highest BCUT2D eigenvalue weighted by Crippen LogP contribution is 2.52. The summed E-state index contributed by atoms with van der Waals surface area (Å²) in [6.07, 6.45) is 6.17. The Labute approximate surface area is 316 Å². The van der Waals surface area contributed by atoms with Crippen LogP contribution in [0.2, 0.25) is 10.0 Å². The van der Waals surface area contributed by atoms with Gasteiger partial charge in [0.2, 0.25) is 5.91 Å². The van der Waals surface area contributed by atoms with E-state index in [4.69, 9.17) is 32.9 Å². The van der Waals surface area contributed by atoms with Crippen LogP contribution in [0.25, 0.3) is 32.9 Å². The summed E-state index contributed by atoms with van der Waals surface area (Å²) in [5, 5.41) is 24.7. The van der Waals surface area contributed by atoms with Gasteiger partial charge in [0.05, 0.1) is 64.1 Å². The maximum absolute atomic E-state index is 17.2. The number of amides is 1. The largest absolute Gasteiger partial charge is 0.379 e. The normalized spacial score (nSPS) is 25.9. The molecule has 2 aliphatic carbocycles. The number of aryl methyl sites for hydroxylation is 2. The van der Waals surface area contributed by atoms with E-state index in [-0.39, 0.29) is 58.4 Å². The SMILES string of the molecule is Cc1nc2c(F)c(-c3cccc(Cl)c3Cl)c(CCC#N)cc2c2c1cc([C@H]1C[C@H](n3cc(C4(C)COC4)nn3)CN1C(=O)C1CC1)n2[C@H]1[C@H]2CN[C@@H]1C2. The predicted molar refractivity (Wildman–Crippen MR) is 199 cm³/mol. The number of fused-ring (bicyclic) bond motifs is 4. The number of halogens is 3. The topological polar surface area (TPSA) is 114 Å². The van der Waals surface area contributed by atoms with Gasteiger partial charge in [0, 0.05) is 71.0 Å². The molecule has 2 bridgehead atoms. The average molecular weight is 754 g/mol. The van der Waals surface area contributed by atoms with Crippen LogP contribution in [0.5, 0.6) is 0 Å². The van der Waals surface area contributed by atoms with E-state index in [0.29, 0.717) is 71.3 Å². The molecule has 3 aromatic heterocycles. The van der Waals surface area contributed by atoms with Crippen molar-refractivity contribution in [3.05, 3.63) is 75.0 Å². The summed E-state index contributed by atoms with van der Waals surface area (Å²) in [7, 11) is 0. The first kappa shape index (κ1) is 33.5. The predicted octanol–water partition coefficient (Wildman–Crippen LogP) is 7.40. The highest BCUT2D eigenvalue weighted by Gasteiger charge is 2.51. The first-order chi connectivity index (χ1) is 25.6. The molecule has 1 N–H and O–H groups in total. The lowest BCUT2D eigenvalue weighted by Crippen LogP contribution is -2.44. The van der Waals surface area contributed by atoms with Crippen LogP contribution < -0.4 is 5.32 Å². The van der Waals surface area contributed by atoms with Crippen molar-refractivity contribution in [1.29, 1.82) is 5.26 Å². The number of aromatic nitrogens is 5. The first-order valence-electron chi connectivity index (χ1n) is 18.7. The molecule has 4 saturated heterocycles. The van der Waals surface area contributed by atoms with E-state index in [1.165, 1.54) is 0 Å². The van der Waals surface area contributed by atoms with Gasteiger partial charge in [-0.25, -0.2) is 14.1 Å². The summed E-state index contributed by atoms with van der Waals surface area (Å²) in [5.41, 5.74) is 5.20. The lowest BCUT2D eigenvalue weighted by atomic mass is 9.79. The molecule has 0 radical (unpaired) electrons. The van der Waals surface area contributed by atoms with Crippen LogP contribution in [0.3, 0.4) is 0 Å². The Balaban J connectivity index is 1.18. The minimum Gasteiger partial charge on any atom is -0.379 e. The van der Waals surface area contributed by atoms with Gasteiger partial charge in [-0.15, -0.1) is 5.10 Å². The summed E-state index contributed by atoms with van der Waals surface area (Å²) >= 11 is 13.1. The van der Waals surface area contributed by atoms with Gasteiger partial charge >= 0.3 is 0 Å². The van der Waals surface area contributed by atoms with E-state index in [0.717, 1.165) is 48.1 Å². The molecule has 53 heavy (non-hydrogen) atoms. The molecule has 2 aromatic carbocycles. The Morgan fingerprint density at radius 1 is 1.19 bits per heavy atom. The van der Waals surface area contributed by atoms with Crippen molar-refractivity contribution in [3.63, 3.8) is 0 Å². The third kappa shape index (κ3) is 5.09. The van der Waals surface area contributed by atoms with Gasteiger partial charge < -0.3 is 19.5 Å². The highest BCUT2D eigenvalue weighted by molar-refractivity contribution is 6.43. The molecule has 0 spiro atoms. The van der Waals surface area contributed by atoms with Crippen molar-refractivity contribution in [1.82, 2.24) is 34.8 Å². The van der Waals surface area contributed by atoms with E-state index >= 15 is 4.39 Å². The van der Waals surface area contributed by atoms with Crippen molar-refractivity contribution in [2.45, 2.75) is 82.0 Å². The molecule has 272 valence electrons. The molecule has 1 amide bonds. The monoisotopic (exact) mass is 752 g/mol. The molecule has 10 nitrogen and oxygen atoms in total. The van der Waals surface area contributed by atoms with E-state index in [1.54, 1.807) is 18.2 Å². The summed E-state index contributed by atoms with van der Waals surface area (Å²) < 4.78 is 27.1. The molecule has 6 aliphatic rings. The molecule has 2 saturated carbocycles. The van der Waals surface area contributed by atoms with Crippen LogP contribution in [0.15, 0.2) is 36.5 Å². The van der Waals surface area contributed by atoms with E-state index in [1.807, 2.05) is 23.9 Å².